The Hall–Kier alpha value is -3.00. The smallest absolute Gasteiger partial charge is 0.276 e. The van der Waals surface area contributed by atoms with Crippen molar-refractivity contribution in [2.24, 2.45) is 7.05 Å². The number of hydrogen-bond donors (Lipinski definition) is 1. The van der Waals surface area contributed by atoms with Crippen LogP contribution in [0.25, 0.3) is 5.69 Å². The number of imidazole rings is 1. The Balaban J connectivity index is 1.61. The van der Waals surface area contributed by atoms with Gasteiger partial charge in [-0.1, -0.05) is 17.3 Å². The maximum atomic E-state index is 13.1. The Morgan fingerprint density at radius 1 is 1.35 bits per heavy atom. The molecule has 0 saturated carbocycles. The zero-order valence-electron chi connectivity index (χ0n) is 14.8. The molecule has 0 radical (unpaired) electrons. The normalized spacial score (nSPS) is 17.5. The molecule has 0 spiro atoms. The summed E-state index contributed by atoms with van der Waals surface area (Å²) in [5.74, 6) is 0.732. The second-order valence-electron chi connectivity index (χ2n) is 6.50. The van der Waals surface area contributed by atoms with Crippen LogP contribution < -0.4 is 5.32 Å². The van der Waals surface area contributed by atoms with Gasteiger partial charge in [0.05, 0.1) is 11.9 Å². The van der Waals surface area contributed by atoms with Crippen molar-refractivity contribution in [2.45, 2.75) is 13.0 Å². The lowest BCUT2D eigenvalue weighted by molar-refractivity contribution is 0.0614. The van der Waals surface area contributed by atoms with Crippen LogP contribution >= 0.6 is 0 Å². The van der Waals surface area contributed by atoms with Gasteiger partial charge in [-0.2, -0.15) is 0 Å². The average Bonchev–Trinajstić information content (AvgIpc) is 3.30. The number of aromatic nitrogens is 5. The minimum absolute atomic E-state index is 0.125. The predicted molar refractivity (Wildman–Crippen MR) is 96.0 cm³/mol. The molecule has 1 fully saturated rings. The Kier molecular flexibility index (Phi) is 4.26. The lowest BCUT2D eigenvalue weighted by Crippen LogP contribution is -2.49. The Morgan fingerprint density at radius 2 is 2.23 bits per heavy atom. The standard InChI is InChI=1S/C18H21N7O/c1-13-4-3-5-14(10-13)25-12-15(21-22-25)18(26)24-9-6-19-11-16(24)17-20-7-8-23(17)2/h3-5,7-8,10,12,16,19H,6,9,11H2,1-2H3. The number of rotatable bonds is 3. The van der Waals surface area contributed by atoms with Gasteiger partial charge in [-0.15, -0.1) is 5.10 Å². The van der Waals surface area contributed by atoms with Crippen LogP contribution in [0.2, 0.25) is 0 Å². The van der Waals surface area contributed by atoms with Gasteiger partial charge in [0.2, 0.25) is 0 Å². The minimum Gasteiger partial charge on any atom is -0.336 e. The third-order valence-corrected chi connectivity index (χ3v) is 4.64. The fraction of sp³-hybridized carbons (Fsp3) is 0.333. The number of amides is 1. The number of hydrogen-bond acceptors (Lipinski definition) is 5. The van der Waals surface area contributed by atoms with Crippen LogP contribution in [0.15, 0.2) is 42.9 Å². The lowest BCUT2D eigenvalue weighted by Gasteiger charge is -2.35. The molecule has 3 heterocycles. The summed E-state index contributed by atoms with van der Waals surface area (Å²) in [5, 5.41) is 11.6. The van der Waals surface area contributed by atoms with Gasteiger partial charge in [0.1, 0.15) is 11.9 Å². The van der Waals surface area contributed by atoms with Crippen molar-refractivity contribution in [3.8, 4) is 5.69 Å². The summed E-state index contributed by atoms with van der Waals surface area (Å²) in [5.41, 5.74) is 2.35. The highest BCUT2D eigenvalue weighted by Crippen LogP contribution is 2.22. The molecular weight excluding hydrogens is 330 g/mol. The monoisotopic (exact) mass is 351 g/mol. The van der Waals surface area contributed by atoms with Crippen LogP contribution in [-0.4, -0.2) is 55.0 Å². The minimum atomic E-state index is -0.126. The quantitative estimate of drug-likeness (QED) is 0.764. The summed E-state index contributed by atoms with van der Waals surface area (Å²) in [6.45, 7) is 4.04. The highest BCUT2D eigenvalue weighted by atomic mass is 16.2. The van der Waals surface area contributed by atoms with E-state index in [1.807, 2.05) is 53.9 Å². The summed E-state index contributed by atoms with van der Waals surface area (Å²) in [7, 11) is 1.94. The van der Waals surface area contributed by atoms with Gasteiger partial charge in [-0.3, -0.25) is 4.79 Å². The summed E-state index contributed by atoms with van der Waals surface area (Å²) in [6, 6.07) is 7.80. The molecule has 1 saturated heterocycles. The molecule has 0 aliphatic carbocycles. The summed E-state index contributed by atoms with van der Waals surface area (Å²) >= 11 is 0. The zero-order chi connectivity index (χ0) is 18.1. The Bertz CT molecular complexity index is 929. The molecule has 1 aromatic carbocycles. The molecule has 1 atom stereocenters. The van der Waals surface area contributed by atoms with Gasteiger partial charge in [-0.05, 0) is 24.6 Å². The molecule has 1 N–H and O–H groups in total. The molecule has 1 unspecified atom stereocenters. The lowest BCUT2D eigenvalue weighted by atomic mass is 10.1. The summed E-state index contributed by atoms with van der Waals surface area (Å²) < 4.78 is 3.58. The third-order valence-electron chi connectivity index (χ3n) is 4.64. The van der Waals surface area contributed by atoms with E-state index in [9.17, 15) is 4.79 Å². The fourth-order valence-corrected chi connectivity index (χ4v) is 3.28. The van der Waals surface area contributed by atoms with E-state index in [0.29, 0.717) is 18.8 Å². The number of nitrogens with one attached hydrogen (secondary N) is 1. The van der Waals surface area contributed by atoms with E-state index in [-0.39, 0.29) is 11.9 Å². The number of benzene rings is 1. The molecule has 1 aliphatic heterocycles. The highest BCUT2D eigenvalue weighted by Gasteiger charge is 2.32. The second-order valence-corrected chi connectivity index (χ2v) is 6.50. The molecule has 3 aromatic rings. The van der Waals surface area contributed by atoms with Crippen molar-refractivity contribution in [2.75, 3.05) is 19.6 Å². The molecule has 1 aliphatic rings. The number of piperazine rings is 1. The first-order chi connectivity index (χ1) is 12.6. The van der Waals surface area contributed by atoms with Gasteiger partial charge in [0, 0.05) is 39.1 Å². The molecule has 2 aromatic heterocycles. The second kappa shape index (κ2) is 6.72. The maximum absolute atomic E-state index is 13.1. The van der Waals surface area contributed by atoms with Gasteiger partial charge in [0.15, 0.2) is 5.69 Å². The number of carbonyl (C=O) groups is 1. The Morgan fingerprint density at radius 3 is 3.00 bits per heavy atom. The SMILES string of the molecule is Cc1cccc(-n2cc(C(=O)N3CCNCC3c3nccn3C)nn2)c1. The molecular formula is C18H21N7O. The maximum Gasteiger partial charge on any atom is 0.276 e. The first-order valence-electron chi connectivity index (χ1n) is 8.62. The third kappa shape index (κ3) is 2.99. The van der Waals surface area contributed by atoms with Crippen LogP contribution in [0, 0.1) is 6.92 Å². The molecule has 26 heavy (non-hydrogen) atoms. The first-order valence-corrected chi connectivity index (χ1v) is 8.62. The van der Waals surface area contributed by atoms with E-state index in [4.69, 9.17) is 0 Å². The van der Waals surface area contributed by atoms with Crippen LogP contribution in [0.5, 0.6) is 0 Å². The van der Waals surface area contributed by atoms with E-state index in [1.165, 1.54) is 0 Å². The van der Waals surface area contributed by atoms with Crippen molar-refractivity contribution in [1.82, 2.24) is 34.8 Å². The van der Waals surface area contributed by atoms with Gasteiger partial charge in [-0.25, -0.2) is 9.67 Å². The van der Waals surface area contributed by atoms with Gasteiger partial charge < -0.3 is 14.8 Å². The molecule has 1 amide bonds. The molecule has 0 bridgehead atoms. The van der Waals surface area contributed by atoms with Crippen molar-refractivity contribution >= 4 is 5.91 Å². The first kappa shape index (κ1) is 16.5. The van der Waals surface area contributed by atoms with Crippen LogP contribution in [0.4, 0.5) is 0 Å². The molecule has 8 heteroatoms. The fourth-order valence-electron chi connectivity index (χ4n) is 3.28. The summed E-state index contributed by atoms with van der Waals surface area (Å²) in [4.78, 5) is 19.3. The Labute approximate surface area is 151 Å². The number of aryl methyl sites for hydroxylation is 2. The molecule has 8 nitrogen and oxygen atoms in total. The van der Waals surface area contributed by atoms with E-state index in [2.05, 4.69) is 20.6 Å². The van der Waals surface area contributed by atoms with Gasteiger partial charge in [0.25, 0.3) is 5.91 Å². The van der Waals surface area contributed by atoms with Crippen LogP contribution in [-0.2, 0) is 7.05 Å². The zero-order valence-corrected chi connectivity index (χ0v) is 14.8. The van der Waals surface area contributed by atoms with E-state index < -0.39 is 0 Å². The van der Waals surface area contributed by atoms with Crippen molar-refractivity contribution < 1.29 is 4.79 Å². The van der Waals surface area contributed by atoms with Crippen molar-refractivity contribution in [3.63, 3.8) is 0 Å². The van der Waals surface area contributed by atoms with Gasteiger partial charge >= 0.3 is 0 Å². The van der Waals surface area contributed by atoms with E-state index >= 15 is 0 Å². The summed E-state index contributed by atoms with van der Waals surface area (Å²) in [6.07, 6.45) is 5.33. The molecule has 134 valence electrons. The number of carbonyl (C=O) groups excluding carboxylic acids is 1. The van der Waals surface area contributed by atoms with Crippen molar-refractivity contribution in [1.29, 1.82) is 0 Å². The van der Waals surface area contributed by atoms with E-state index in [0.717, 1.165) is 23.6 Å². The van der Waals surface area contributed by atoms with Crippen LogP contribution in [0.1, 0.15) is 27.9 Å². The number of nitrogens with zero attached hydrogens (tertiary/aromatic N) is 6. The van der Waals surface area contributed by atoms with E-state index in [1.54, 1.807) is 17.1 Å². The highest BCUT2D eigenvalue weighted by molar-refractivity contribution is 5.92. The predicted octanol–water partition coefficient (Wildman–Crippen LogP) is 1.10. The van der Waals surface area contributed by atoms with Crippen molar-refractivity contribution in [3.05, 3.63) is 59.9 Å². The van der Waals surface area contributed by atoms with Crippen LogP contribution in [0.3, 0.4) is 0 Å². The molecule has 4 rings (SSSR count). The topological polar surface area (TPSA) is 80.9 Å². The largest absolute Gasteiger partial charge is 0.336 e. The average molecular weight is 351 g/mol.